The number of aryl methyl sites for hydroxylation is 1. The van der Waals surface area contributed by atoms with Crippen molar-refractivity contribution in [2.75, 3.05) is 31.2 Å². The van der Waals surface area contributed by atoms with Crippen LogP contribution in [0.2, 0.25) is 0 Å². The lowest BCUT2D eigenvalue weighted by Crippen LogP contribution is -2.40. The second kappa shape index (κ2) is 6.77. The zero-order valence-electron chi connectivity index (χ0n) is 14.6. The third-order valence-electron chi connectivity index (χ3n) is 4.71. The standard InChI is InChI=1S/C21H20N2O3/c1-15-6-5-9-17(14-15)23-20(24)18(16-7-3-2-4-8-16)19(21(23)25)22-10-12-26-13-11-22/h2-9,14H,10-13H2,1H3. The first kappa shape index (κ1) is 16.5. The fraction of sp³-hybridized carbons (Fsp3) is 0.238. The number of hydrogen-bond donors (Lipinski definition) is 0. The molecule has 5 heteroatoms. The summed E-state index contributed by atoms with van der Waals surface area (Å²) in [4.78, 5) is 29.8. The lowest BCUT2D eigenvalue weighted by molar-refractivity contribution is -0.121. The van der Waals surface area contributed by atoms with Crippen LogP contribution in [0.15, 0.2) is 60.3 Å². The van der Waals surface area contributed by atoms with E-state index < -0.39 is 0 Å². The number of carbonyl (C=O) groups is 2. The second-order valence-corrected chi connectivity index (χ2v) is 6.47. The van der Waals surface area contributed by atoms with Crippen molar-refractivity contribution < 1.29 is 14.3 Å². The van der Waals surface area contributed by atoms with Gasteiger partial charge in [0.05, 0.1) is 24.5 Å². The number of carbonyl (C=O) groups excluding carboxylic acids is 2. The minimum Gasteiger partial charge on any atom is -0.378 e. The third kappa shape index (κ3) is 2.80. The Kier molecular flexibility index (Phi) is 4.31. The fourth-order valence-corrected chi connectivity index (χ4v) is 3.47. The van der Waals surface area contributed by atoms with Crippen molar-refractivity contribution in [3.63, 3.8) is 0 Å². The number of ether oxygens (including phenoxy) is 1. The van der Waals surface area contributed by atoms with Crippen molar-refractivity contribution >= 4 is 23.1 Å². The maximum Gasteiger partial charge on any atom is 0.282 e. The van der Waals surface area contributed by atoms with Crippen LogP contribution in [0.5, 0.6) is 0 Å². The third-order valence-corrected chi connectivity index (χ3v) is 4.71. The molecule has 0 aromatic heterocycles. The van der Waals surface area contributed by atoms with Gasteiger partial charge in [-0.2, -0.15) is 0 Å². The van der Waals surface area contributed by atoms with Gasteiger partial charge in [-0.25, -0.2) is 4.90 Å². The molecule has 4 rings (SSSR count). The molecule has 0 saturated carbocycles. The Bertz CT molecular complexity index is 883. The van der Waals surface area contributed by atoms with Crippen LogP contribution in [0.4, 0.5) is 5.69 Å². The highest BCUT2D eigenvalue weighted by Gasteiger charge is 2.42. The van der Waals surface area contributed by atoms with Crippen LogP contribution in [0, 0.1) is 6.92 Å². The number of amides is 2. The van der Waals surface area contributed by atoms with Gasteiger partial charge in [-0.1, -0.05) is 42.5 Å². The first-order chi connectivity index (χ1) is 12.7. The number of morpholine rings is 1. The smallest absolute Gasteiger partial charge is 0.282 e. The Morgan fingerprint density at radius 2 is 1.62 bits per heavy atom. The molecular weight excluding hydrogens is 328 g/mol. The summed E-state index contributed by atoms with van der Waals surface area (Å²) in [6.07, 6.45) is 0. The molecule has 0 spiro atoms. The molecule has 0 bridgehead atoms. The average Bonchev–Trinajstić information content (AvgIpc) is 2.93. The first-order valence-electron chi connectivity index (χ1n) is 8.74. The molecule has 0 aliphatic carbocycles. The van der Waals surface area contributed by atoms with Crippen LogP contribution in [0.3, 0.4) is 0 Å². The molecule has 1 saturated heterocycles. The van der Waals surface area contributed by atoms with Crippen LogP contribution < -0.4 is 4.90 Å². The Morgan fingerprint density at radius 1 is 0.885 bits per heavy atom. The maximum atomic E-state index is 13.3. The molecule has 0 N–H and O–H groups in total. The number of hydrogen-bond acceptors (Lipinski definition) is 4. The Balaban J connectivity index is 1.83. The molecule has 26 heavy (non-hydrogen) atoms. The molecule has 2 aliphatic heterocycles. The normalized spacial score (nSPS) is 18.0. The van der Waals surface area contributed by atoms with E-state index in [-0.39, 0.29) is 11.8 Å². The molecule has 0 unspecified atom stereocenters. The predicted octanol–water partition coefficient (Wildman–Crippen LogP) is 2.61. The van der Waals surface area contributed by atoms with Gasteiger partial charge in [0.2, 0.25) is 0 Å². The quantitative estimate of drug-likeness (QED) is 0.800. The van der Waals surface area contributed by atoms with E-state index in [9.17, 15) is 9.59 Å². The highest BCUT2D eigenvalue weighted by Crippen LogP contribution is 2.35. The lowest BCUT2D eigenvalue weighted by atomic mass is 10.0. The minimum absolute atomic E-state index is 0.263. The predicted molar refractivity (Wildman–Crippen MR) is 99.4 cm³/mol. The molecule has 2 aliphatic rings. The highest BCUT2D eigenvalue weighted by atomic mass is 16.5. The molecule has 2 aromatic carbocycles. The molecule has 0 atom stereocenters. The number of rotatable bonds is 3. The van der Waals surface area contributed by atoms with Crippen molar-refractivity contribution in [3.05, 3.63) is 71.4 Å². The lowest BCUT2D eigenvalue weighted by Gasteiger charge is -2.29. The summed E-state index contributed by atoms with van der Waals surface area (Å²) in [7, 11) is 0. The summed E-state index contributed by atoms with van der Waals surface area (Å²) in [6, 6.07) is 16.9. The van der Waals surface area contributed by atoms with Crippen LogP contribution in [0.1, 0.15) is 11.1 Å². The molecule has 2 aromatic rings. The fourth-order valence-electron chi connectivity index (χ4n) is 3.47. The molecule has 1 fully saturated rings. The Hall–Kier alpha value is -2.92. The van der Waals surface area contributed by atoms with Gasteiger partial charge in [0.1, 0.15) is 5.70 Å². The van der Waals surface area contributed by atoms with Crippen molar-refractivity contribution in [2.24, 2.45) is 0 Å². The van der Waals surface area contributed by atoms with Gasteiger partial charge in [0.15, 0.2) is 0 Å². The van der Waals surface area contributed by atoms with Gasteiger partial charge in [-0.15, -0.1) is 0 Å². The van der Waals surface area contributed by atoms with Gasteiger partial charge < -0.3 is 9.64 Å². The number of nitrogens with zero attached hydrogens (tertiary/aromatic N) is 2. The second-order valence-electron chi connectivity index (χ2n) is 6.47. The van der Waals surface area contributed by atoms with Crippen molar-refractivity contribution in [3.8, 4) is 0 Å². The van der Waals surface area contributed by atoms with E-state index in [1.807, 2.05) is 60.4 Å². The van der Waals surface area contributed by atoms with E-state index in [0.717, 1.165) is 11.1 Å². The van der Waals surface area contributed by atoms with Crippen LogP contribution in [-0.4, -0.2) is 43.0 Å². The Labute approximate surface area is 152 Å². The van der Waals surface area contributed by atoms with E-state index in [2.05, 4.69) is 0 Å². The minimum atomic E-state index is -0.270. The van der Waals surface area contributed by atoms with Gasteiger partial charge in [0, 0.05) is 13.1 Å². The SMILES string of the molecule is Cc1cccc(N2C(=O)C(c3ccccc3)=C(N3CCOCC3)C2=O)c1. The summed E-state index contributed by atoms with van der Waals surface area (Å²) < 4.78 is 5.42. The zero-order chi connectivity index (χ0) is 18.1. The van der Waals surface area contributed by atoms with Crippen LogP contribution in [0.25, 0.3) is 5.57 Å². The number of benzene rings is 2. The monoisotopic (exact) mass is 348 g/mol. The van der Waals surface area contributed by atoms with Gasteiger partial charge >= 0.3 is 0 Å². The van der Waals surface area contributed by atoms with Gasteiger partial charge in [-0.3, -0.25) is 9.59 Å². The van der Waals surface area contributed by atoms with Crippen LogP contribution >= 0.6 is 0 Å². The van der Waals surface area contributed by atoms with Crippen molar-refractivity contribution in [2.45, 2.75) is 6.92 Å². The largest absolute Gasteiger partial charge is 0.378 e. The topological polar surface area (TPSA) is 49.9 Å². The average molecular weight is 348 g/mol. The first-order valence-corrected chi connectivity index (χ1v) is 8.74. The molecular formula is C21H20N2O3. The molecule has 2 heterocycles. The van der Waals surface area contributed by atoms with Crippen LogP contribution in [-0.2, 0) is 14.3 Å². The highest BCUT2D eigenvalue weighted by molar-refractivity contribution is 6.45. The molecule has 132 valence electrons. The van der Waals surface area contributed by atoms with E-state index in [1.165, 1.54) is 4.90 Å². The number of imide groups is 1. The van der Waals surface area contributed by atoms with E-state index >= 15 is 0 Å². The summed E-state index contributed by atoms with van der Waals surface area (Å²) in [5.41, 5.74) is 3.33. The van der Waals surface area contributed by atoms with Gasteiger partial charge in [0.25, 0.3) is 11.8 Å². The summed E-state index contributed by atoms with van der Waals surface area (Å²) in [5, 5.41) is 0. The summed E-state index contributed by atoms with van der Waals surface area (Å²) >= 11 is 0. The van der Waals surface area contributed by atoms with E-state index in [1.54, 1.807) is 6.07 Å². The van der Waals surface area contributed by atoms with Gasteiger partial charge in [-0.05, 0) is 30.2 Å². The zero-order valence-corrected chi connectivity index (χ0v) is 14.6. The molecule has 0 radical (unpaired) electrons. The maximum absolute atomic E-state index is 13.3. The van der Waals surface area contributed by atoms with Crippen molar-refractivity contribution in [1.29, 1.82) is 0 Å². The Morgan fingerprint density at radius 3 is 2.31 bits per heavy atom. The molecule has 2 amide bonds. The van der Waals surface area contributed by atoms with E-state index in [4.69, 9.17) is 4.74 Å². The summed E-state index contributed by atoms with van der Waals surface area (Å²) in [5.74, 6) is -0.533. The number of anilines is 1. The van der Waals surface area contributed by atoms with Crippen molar-refractivity contribution in [1.82, 2.24) is 4.90 Å². The van der Waals surface area contributed by atoms with E-state index in [0.29, 0.717) is 43.3 Å². The summed E-state index contributed by atoms with van der Waals surface area (Å²) in [6.45, 7) is 4.26. The molecule has 5 nitrogen and oxygen atoms in total.